The zero-order chi connectivity index (χ0) is 20.4. The molecular formula is C19H20NO6P2+. The third-order valence-corrected chi connectivity index (χ3v) is 8.02. The summed E-state index contributed by atoms with van der Waals surface area (Å²) in [6.45, 7) is -0.504. The number of aromatic nitrogens is 1. The lowest BCUT2D eigenvalue weighted by atomic mass is 9.95. The van der Waals surface area contributed by atoms with Crippen molar-refractivity contribution < 1.29 is 33.3 Å². The van der Waals surface area contributed by atoms with E-state index in [4.69, 9.17) is 0 Å². The van der Waals surface area contributed by atoms with Crippen LogP contribution in [0.3, 0.4) is 0 Å². The van der Waals surface area contributed by atoms with Gasteiger partial charge in [-0.2, -0.15) is 0 Å². The van der Waals surface area contributed by atoms with E-state index in [0.29, 0.717) is 0 Å². The van der Waals surface area contributed by atoms with Crippen LogP contribution in [0.2, 0.25) is 0 Å². The number of hydrogen-bond donors (Lipinski definition) is 4. The molecule has 9 heteroatoms. The van der Waals surface area contributed by atoms with Gasteiger partial charge in [-0.25, -0.2) is 4.57 Å². The van der Waals surface area contributed by atoms with Crippen LogP contribution in [-0.2, 0) is 15.7 Å². The summed E-state index contributed by atoms with van der Waals surface area (Å²) < 4.78 is 24.5. The second kappa shape index (κ2) is 8.10. The molecule has 0 spiro atoms. The molecule has 1 heterocycles. The average Bonchev–Trinajstić information content (AvgIpc) is 2.65. The fourth-order valence-corrected chi connectivity index (χ4v) is 5.37. The number of pyridine rings is 1. The highest BCUT2D eigenvalue weighted by atomic mass is 31.2. The number of rotatable bonds is 6. The van der Waals surface area contributed by atoms with E-state index in [-0.39, 0.29) is 0 Å². The zero-order valence-electron chi connectivity index (χ0n) is 14.7. The number of nitrogens with zero attached hydrogens (tertiary/aromatic N) is 1. The van der Waals surface area contributed by atoms with Gasteiger partial charge in [0.25, 0.3) is 0 Å². The molecule has 1 aromatic heterocycles. The van der Waals surface area contributed by atoms with Crippen molar-refractivity contribution in [3.05, 3.63) is 79.1 Å². The molecule has 7 nitrogen and oxygen atoms in total. The first-order valence-electron chi connectivity index (χ1n) is 8.40. The van der Waals surface area contributed by atoms with Crippen molar-refractivity contribution in [2.24, 2.45) is 0 Å². The topological polar surface area (TPSA) is 119 Å². The van der Waals surface area contributed by atoms with E-state index in [0.717, 1.165) is 22.3 Å². The highest BCUT2D eigenvalue weighted by molar-refractivity contribution is 7.70. The van der Waals surface area contributed by atoms with E-state index in [1.807, 2.05) is 60.7 Å². The minimum atomic E-state index is -4.99. The van der Waals surface area contributed by atoms with Crippen molar-refractivity contribution in [3.63, 3.8) is 0 Å². The fraction of sp³-hybridized carbons (Fsp3) is 0.105. The summed E-state index contributed by atoms with van der Waals surface area (Å²) in [4.78, 5) is 37.4. The lowest BCUT2D eigenvalue weighted by molar-refractivity contribution is -0.694. The van der Waals surface area contributed by atoms with E-state index < -0.39 is 27.1 Å². The summed E-state index contributed by atoms with van der Waals surface area (Å²) in [6, 6.07) is 20.9. The molecule has 4 N–H and O–H groups in total. The first-order valence-corrected chi connectivity index (χ1v) is 11.8. The Balaban J connectivity index is 2.02. The minimum Gasteiger partial charge on any atom is -0.324 e. The lowest BCUT2D eigenvalue weighted by Crippen LogP contribution is -2.39. The molecule has 0 bridgehead atoms. The number of benzene rings is 2. The first-order chi connectivity index (χ1) is 13.2. The van der Waals surface area contributed by atoms with Crippen LogP contribution < -0.4 is 4.57 Å². The summed E-state index contributed by atoms with van der Waals surface area (Å²) in [7, 11) is -9.98. The van der Waals surface area contributed by atoms with E-state index in [9.17, 15) is 28.7 Å². The maximum Gasteiger partial charge on any atom is 0.347 e. The second-order valence-electron chi connectivity index (χ2n) is 6.36. The largest absolute Gasteiger partial charge is 0.347 e. The Kier molecular flexibility index (Phi) is 5.96. The Morgan fingerprint density at radius 2 is 1.21 bits per heavy atom. The Morgan fingerprint density at radius 3 is 1.79 bits per heavy atom. The van der Waals surface area contributed by atoms with Gasteiger partial charge in [0.1, 0.15) is 0 Å². The van der Waals surface area contributed by atoms with E-state index in [1.165, 1.54) is 10.8 Å². The van der Waals surface area contributed by atoms with Crippen LogP contribution in [0.5, 0.6) is 0 Å². The monoisotopic (exact) mass is 420 g/mol. The molecule has 0 aliphatic heterocycles. The smallest absolute Gasteiger partial charge is 0.324 e. The summed E-state index contributed by atoms with van der Waals surface area (Å²) >= 11 is 0. The van der Waals surface area contributed by atoms with Gasteiger partial charge in [-0.05, 0) is 22.8 Å². The molecule has 0 saturated carbocycles. The number of hydrogen-bond acceptors (Lipinski definition) is 2. The Hall–Kier alpha value is -2.11. The van der Waals surface area contributed by atoms with Gasteiger partial charge in [-0.15, -0.1) is 0 Å². The molecule has 0 aliphatic carbocycles. The molecule has 3 rings (SSSR count). The van der Waals surface area contributed by atoms with E-state index in [2.05, 4.69) is 0 Å². The molecule has 2 aromatic carbocycles. The first kappa shape index (κ1) is 20.6. The van der Waals surface area contributed by atoms with Gasteiger partial charge in [0.05, 0.1) is 0 Å². The van der Waals surface area contributed by atoms with E-state index in [1.54, 1.807) is 12.3 Å². The molecule has 0 saturated heterocycles. The van der Waals surface area contributed by atoms with Crippen molar-refractivity contribution in [1.82, 2.24) is 0 Å². The molecule has 0 aliphatic rings. The molecule has 28 heavy (non-hydrogen) atoms. The fourth-order valence-electron chi connectivity index (χ4n) is 3.00. The van der Waals surface area contributed by atoms with Crippen molar-refractivity contribution in [2.45, 2.75) is 11.9 Å². The molecule has 0 unspecified atom stereocenters. The van der Waals surface area contributed by atoms with Crippen molar-refractivity contribution in [2.75, 3.05) is 0 Å². The summed E-state index contributed by atoms with van der Waals surface area (Å²) in [6.07, 6.45) is 3.15. The van der Waals surface area contributed by atoms with Gasteiger partial charge in [0.2, 0.25) is 5.40 Å². The lowest BCUT2D eigenvalue weighted by Gasteiger charge is -2.17. The van der Waals surface area contributed by atoms with Crippen molar-refractivity contribution in [1.29, 1.82) is 0 Å². The zero-order valence-corrected chi connectivity index (χ0v) is 16.5. The van der Waals surface area contributed by atoms with Crippen molar-refractivity contribution >= 4 is 15.2 Å². The van der Waals surface area contributed by atoms with Crippen LogP contribution >= 0.6 is 15.2 Å². The summed E-state index contributed by atoms with van der Waals surface area (Å²) in [5.74, 6) is 0. The van der Waals surface area contributed by atoms with Crippen molar-refractivity contribution in [3.8, 4) is 22.3 Å². The van der Waals surface area contributed by atoms with Gasteiger partial charge in [-0.3, -0.25) is 9.13 Å². The third-order valence-electron chi connectivity index (χ3n) is 4.33. The van der Waals surface area contributed by atoms with Gasteiger partial charge in [0.15, 0.2) is 18.9 Å². The molecule has 146 valence electrons. The maximum atomic E-state index is 11.6. The quantitative estimate of drug-likeness (QED) is 0.360. The van der Waals surface area contributed by atoms with Crippen LogP contribution in [0.25, 0.3) is 22.3 Å². The predicted molar refractivity (Wildman–Crippen MR) is 105 cm³/mol. The second-order valence-corrected chi connectivity index (χ2v) is 10.4. The standard InChI is InChI=1S/C19H19NO6P2/c21-27(22,23)19(28(24,25)26)14-20-12-6-9-16(13-20)18-11-5-4-10-17(18)15-7-2-1-3-8-15/h1-13,19H,14H2,(H3-,21,22,23,24,25,26)/p+1. The third kappa shape index (κ3) is 4.83. The normalized spacial score (nSPS) is 12.3. The Labute approximate surface area is 162 Å². The molecular weight excluding hydrogens is 400 g/mol. The van der Waals surface area contributed by atoms with Crippen LogP contribution in [0.1, 0.15) is 0 Å². The SMILES string of the molecule is O=P(O)(O)C(C[n+]1cccc(-c2ccccc2-c2ccccc2)c1)P(=O)(O)O. The average molecular weight is 420 g/mol. The summed E-state index contributed by atoms with van der Waals surface area (Å²) in [5, 5.41) is -2.09. The highest BCUT2D eigenvalue weighted by Crippen LogP contribution is 2.59. The van der Waals surface area contributed by atoms with Crippen LogP contribution in [0, 0.1) is 0 Å². The van der Waals surface area contributed by atoms with Crippen LogP contribution in [-0.4, -0.2) is 25.0 Å². The minimum absolute atomic E-state index is 0.504. The van der Waals surface area contributed by atoms with Crippen LogP contribution in [0.15, 0.2) is 79.1 Å². The van der Waals surface area contributed by atoms with Gasteiger partial charge in [0, 0.05) is 11.6 Å². The van der Waals surface area contributed by atoms with Crippen LogP contribution in [0.4, 0.5) is 0 Å². The van der Waals surface area contributed by atoms with Gasteiger partial charge < -0.3 is 19.6 Å². The molecule has 3 aromatic rings. The maximum absolute atomic E-state index is 11.6. The molecule has 0 radical (unpaired) electrons. The Bertz CT molecular complexity index is 1040. The van der Waals surface area contributed by atoms with E-state index >= 15 is 0 Å². The molecule has 0 atom stereocenters. The highest BCUT2D eigenvalue weighted by Gasteiger charge is 2.46. The Morgan fingerprint density at radius 1 is 0.714 bits per heavy atom. The molecule has 0 fully saturated rings. The van der Waals surface area contributed by atoms with Gasteiger partial charge in [-0.1, -0.05) is 54.6 Å². The molecule has 0 amide bonds. The predicted octanol–water partition coefficient (Wildman–Crippen LogP) is 2.99. The van der Waals surface area contributed by atoms with Gasteiger partial charge >= 0.3 is 15.2 Å². The summed E-state index contributed by atoms with van der Waals surface area (Å²) in [5.41, 5.74) is 3.64.